The molecule has 0 unspecified atom stereocenters. The van der Waals surface area contributed by atoms with Crippen LogP contribution in [0.3, 0.4) is 0 Å². The fourth-order valence-electron chi connectivity index (χ4n) is 2.59. The summed E-state index contributed by atoms with van der Waals surface area (Å²) in [4.78, 5) is 13.0. The average Bonchev–Trinajstić information content (AvgIpc) is 2.45. The molecule has 5 nitrogen and oxygen atoms in total. The maximum Gasteiger partial charge on any atom is 0.159 e. The van der Waals surface area contributed by atoms with Gasteiger partial charge in [0, 0.05) is 29.7 Å². The van der Waals surface area contributed by atoms with E-state index in [0.717, 1.165) is 29.7 Å². The Labute approximate surface area is 117 Å². The van der Waals surface area contributed by atoms with Gasteiger partial charge in [0.1, 0.15) is 0 Å². The monoisotopic (exact) mass is 268 g/mol. The molecule has 0 amide bonds. The maximum atomic E-state index is 9.18. The third kappa shape index (κ3) is 2.27. The molecule has 2 aromatic heterocycles. The molecule has 1 aliphatic rings. The molecule has 3 rings (SSSR count). The number of oxime groups is 1. The van der Waals surface area contributed by atoms with Gasteiger partial charge in [0.05, 0.1) is 11.4 Å². The first-order valence-corrected chi connectivity index (χ1v) is 6.57. The lowest BCUT2D eigenvalue weighted by atomic mass is 9.75. The molecule has 2 aromatic rings. The molecule has 5 heteroatoms. The predicted octanol–water partition coefficient (Wildman–Crippen LogP) is 2.69. The minimum Gasteiger partial charge on any atom is -0.411 e. The van der Waals surface area contributed by atoms with E-state index in [0.29, 0.717) is 11.5 Å². The Morgan fingerprint density at radius 3 is 2.65 bits per heavy atom. The van der Waals surface area contributed by atoms with Crippen LogP contribution in [0.25, 0.3) is 11.4 Å². The third-order valence-electron chi connectivity index (χ3n) is 3.53. The first-order valence-electron chi connectivity index (χ1n) is 6.57. The van der Waals surface area contributed by atoms with Crippen molar-refractivity contribution in [3.8, 4) is 11.4 Å². The second kappa shape index (κ2) is 4.67. The minimum atomic E-state index is 0.0401. The average molecular weight is 268 g/mol. The highest BCUT2D eigenvalue weighted by molar-refractivity contribution is 6.02. The van der Waals surface area contributed by atoms with Crippen LogP contribution in [-0.4, -0.2) is 25.9 Å². The Morgan fingerprint density at radius 2 is 1.95 bits per heavy atom. The molecule has 0 spiro atoms. The Kier molecular flexibility index (Phi) is 2.97. The molecule has 1 aliphatic carbocycles. The second-order valence-electron chi connectivity index (χ2n) is 5.85. The van der Waals surface area contributed by atoms with E-state index >= 15 is 0 Å². The zero-order valence-corrected chi connectivity index (χ0v) is 11.5. The summed E-state index contributed by atoms with van der Waals surface area (Å²) in [5.41, 5.74) is 3.44. The zero-order valence-electron chi connectivity index (χ0n) is 11.5. The van der Waals surface area contributed by atoms with Crippen LogP contribution in [-0.2, 0) is 6.42 Å². The number of fused-ring (bicyclic) bond motifs is 1. The number of hydrogen-bond donors (Lipinski definition) is 1. The van der Waals surface area contributed by atoms with Crippen molar-refractivity contribution >= 4 is 5.71 Å². The number of pyridine rings is 1. The summed E-state index contributed by atoms with van der Waals surface area (Å²) < 4.78 is 0. The summed E-state index contributed by atoms with van der Waals surface area (Å²) in [7, 11) is 0. The fourth-order valence-corrected chi connectivity index (χ4v) is 2.59. The molecule has 0 aliphatic heterocycles. The van der Waals surface area contributed by atoms with Gasteiger partial charge in [0.15, 0.2) is 5.82 Å². The maximum absolute atomic E-state index is 9.18. The summed E-state index contributed by atoms with van der Waals surface area (Å²) in [6, 6.07) is 3.77. The summed E-state index contributed by atoms with van der Waals surface area (Å²) in [6.45, 7) is 4.30. The molecule has 0 radical (unpaired) electrons. The van der Waals surface area contributed by atoms with Crippen molar-refractivity contribution in [1.29, 1.82) is 0 Å². The summed E-state index contributed by atoms with van der Waals surface area (Å²) in [5.74, 6) is 0.682. The van der Waals surface area contributed by atoms with Gasteiger partial charge in [-0.05, 0) is 30.4 Å². The van der Waals surface area contributed by atoms with Crippen LogP contribution >= 0.6 is 0 Å². The van der Waals surface area contributed by atoms with E-state index in [1.807, 2.05) is 12.1 Å². The minimum absolute atomic E-state index is 0.0401. The summed E-state index contributed by atoms with van der Waals surface area (Å²) in [5, 5.41) is 12.6. The largest absolute Gasteiger partial charge is 0.411 e. The molecular formula is C15H16N4O. The number of hydrogen-bond acceptors (Lipinski definition) is 5. The van der Waals surface area contributed by atoms with Crippen molar-refractivity contribution in [1.82, 2.24) is 15.0 Å². The van der Waals surface area contributed by atoms with Crippen molar-refractivity contribution < 1.29 is 5.21 Å². The van der Waals surface area contributed by atoms with Gasteiger partial charge in [-0.25, -0.2) is 9.97 Å². The van der Waals surface area contributed by atoms with Crippen molar-refractivity contribution in [2.75, 3.05) is 0 Å². The first-order chi connectivity index (χ1) is 9.59. The molecule has 0 aromatic carbocycles. The van der Waals surface area contributed by atoms with Gasteiger partial charge in [0.2, 0.25) is 0 Å². The normalized spacial score (nSPS) is 18.8. The molecular weight excluding hydrogens is 252 g/mol. The Hall–Kier alpha value is -2.30. The van der Waals surface area contributed by atoms with Gasteiger partial charge in [-0.15, -0.1) is 0 Å². The third-order valence-corrected chi connectivity index (χ3v) is 3.53. The highest BCUT2D eigenvalue weighted by Gasteiger charge is 2.31. The second-order valence-corrected chi connectivity index (χ2v) is 5.85. The van der Waals surface area contributed by atoms with Gasteiger partial charge in [-0.2, -0.15) is 0 Å². The predicted molar refractivity (Wildman–Crippen MR) is 75.7 cm³/mol. The molecule has 102 valence electrons. The van der Waals surface area contributed by atoms with E-state index in [4.69, 9.17) is 0 Å². The highest BCUT2D eigenvalue weighted by Crippen LogP contribution is 2.34. The van der Waals surface area contributed by atoms with Crippen LogP contribution in [0.5, 0.6) is 0 Å². The van der Waals surface area contributed by atoms with Crippen molar-refractivity contribution in [3.05, 3.63) is 42.0 Å². The van der Waals surface area contributed by atoms with Crippen LogP contribution in [0.2, 0.25) is 0 Å². The van der Waals surface area contributed by atoms with E-state index in [2.05, 4.69) is 34.0 Å². The highest BCUT2D eigenvalue weighted by atomic mass is 16.4. The molecule has 20 heavy (non-hydrogen) atoms. The van der Waals surface area contributed by atoms with E-state index in [1.165, 1.54) is 0 Å². The lowest BCUT2D eigenvalue weighted by molar-refractivity contribution is 0.305. The summed E-state index contributed by atoms with van der Waals surface area (Å²) in [6.07, 6.45) is 6.78. The van der Waals surface area contributed by atoms with Crippen LogP contribution in [0.1, 0.15) is 31.5 Å². The van der Waals surface area contributed by atoms with E-state index in [1.54, 1.807) is 18.6 Å². The molecule has 2 heterocycles. The molecule has 0 fully saturated rings. The van der Waals surface area contributed by atoms with Crippen LogP contribution in [0.15, 0.2) is 35.9 Å². The van der Waals surface area contributed by atoms with Gasteiger partial charge in [-0.1, -0.05) is 19.0 Å². The molecule has 0 bridgehead atoms. The molecule has 0 atom stereocenters. The molecule has 0 saturated carbocycles. The molecule has 0 saturated heterocycles. The number of nitrogens with zero attached hydrogens (tertiary/aromatic N) is 4. The van der Waals surface area contributed by atoms with Crippen LogP contribution in [0, 0.1) is 5.41 Å². The lowest BCUT2D eigenvalue weighted by Gasteiger charge is -2.30. The van der Waals surface area contributed by atoms with Crippen molar-refractivity contribution in [2.24, 2.45) is 10.6 Å². The van der Waals surface area contributed by atoms with Crippen molar-refractivity contribution in [3.63, 3.8) is 0 Å². The standard InChI is InChI=1S/C15H16N4O/c1-15(2)7-12-11(13(8-15)19-20)9-17-14(18-12)10-3-5-16-6-4-10/h3-6,9,20H,7-8H2,1-2H3/b19-13-. The van der Waals surface area contributed by atoms with Gasteiger partial charge in [0.25, 0.3) is 0 Å². The topological polar surface area (TPSA) is 71.3 Å². The van der Waals surface area contributed by atoms with E-state index in [9.17, 15) is 5.21 Å². The van der Waals surface area contributed by atoms with Crippen LogP contribution < -0.4 is 0 Å². The van der Waals surface area contributed by atoms with Gasteiger partial charge in [-0.3, -0.25) is 4.98 Å². The number of rotatable bonds is 1. The van der Waals surface area contributed by atoms with E-state index in [-0.39, 0.29) is 5.41 Å². The fraction of sp³-hybridized carbons (Fsp3) is 0.333. The smallest absolute Gasteiger partial charge is 0.159 e. The van der Waals surface area contributed by atoms with Gasteiger partial charge < -0.3 is 5.21 Å². The Morgan fingerprint density at radius 1 is 1.20 bits per heavy atom. The molecule has 1 N–H and O–H groups in total. The number of aromatic nitrogens is 3. The SMILES string of the molecule is CC1(C)C/C(=N/O)c2cnc(-c3ccncc3)nc2C1. The summed E-state index contributed by atoms with van der Waals surface area (Å²) >= 11 is 0. The van der Waals surface area contributed by atoms with Crippen molar-refractivity contribution in [2.45, 2.75) is 26.7 Å². The van der Waals surface area contributed by atoms with Crippen LogP contribution in [0.4, 0.5) is 0 Å². The quantitative estimate of drug-likeness (QED) is 0.637. The Bertz CT molecular complexity index is 665. The first kappa shape index (κ1) is 12.7. The van der Waals surface area contributed by atoms with Gasteiger partial charge >= 0.3 is 0 Å². The Balaban J connectivity index is 2.09. The lowest BCUT2D eigenvalue weighted by Crippen LogP contribution is -2.28. The zero-order chi connectivity index (χ0) is 14.2. The van der Waals surface area contributed by atoms with E-state index < -0.39 is 0 Å².